The zero-order chi connectivity index (χ0) is 18.5. The molecular formula is C16H22N6O4. The van der Waals surface area contributed by atoms with Crippen LogP contribution in [-0.2, 0) is 11.3 Å². The maximum absolute atomic E-state index is 12.6. The highest BCUT2D eigenvalue weighted by Gasteiger charge is 2.31. The van der Waals surface area contributed by atoms with Crippen molar-refractivity contribution in [2.24, 2.45) is 0 Å². The molecule has 0 spiro atoms. The molecule has 1 N–H and O–H groups in total. The molecular weight excluding hydrogens is 340 g/mol. The van der Waals surface area contributed by atoms with Gasteiger partial charge in [0.25, 0.3) is 11.8 Å². The van der Waals surface area contributed by atoms with Crippen LogP contribution < -0.4 is 5.32 Å². The number of carbonyl (C=O) groups excluding carboxylic acids is 2. The lowest BCUT2D eigenvalue weighted by Gasteiger charge is -2.23. The summed E-state index contributed by atoms with van der Waals surface area (Å²) in [5.41, 5.74) is 0.551. The molecule has 0 aromatic carbocycles. The summed E-state index contributed by atoms with van der Waals surface area (Å²) in [6.45, 7) is 3.72. The molecule has 2 aromatic heterocycles. The Bertz CT molecular complexity index is 770. The van der Waals surface area contributed by atoms with Gasteiger partial charge < -0.3 is 19.5 Å². The van der Waals surface area contributed by atoms with Gasteiger partial charge in [0, 0.05) is 26.3 Å². The summed E-state index contributed by atoms with van der Waals surface area (Å²) in [5, 5.41) is 14.4. The van der Waals surface area contributed by atoms with E-state index in [0.717, 1.165) is 12.8 Å². The summed E-state index contributed by atoms with van der Waals surface area (Å²) in [4.78, 5) is 26.3. The average molecular weight is 362 g/mol. The SMILES string of the molecule is COCCNC(=O)c1cn(C[C@@H]2CCCN2C(=O)c2cc(C)on2)nn1. The molecule has 3 heterocycles. The first-order chi connectivity index (χ1) is 12.6. The zero-order valence-corrected chi connectivity index (χ0v) is 14.8. The minimum atomic E-state index is -0.300. The van der Waals surface area contributed by atoms with Gasteiger partial charge in [0.2, 0.25) is 0 Å². The lowest BCUT2D eigenvalue weighted by Crippen LogP contribution is -2.38. The lowest BCUT2D eigenvalue weighted by atomic mass is 10.2. The summed E-state index contributed by atoms with van der Waals surface area (Å²) in [7, 11) is 1.57. The maximum Gasteiger partial charge on any atom is 0.276 e. The van der Waals surface area contributed by atoms with Gasteiger partial charge in [0.1, 0.15) is 5.76 Å². The van der Waals surface area contributed by atoms with E-state index in [-0.39, 0.29) is 23.6 Å². The Kier molecular flexibility index (Phi) is 5.61. The Morgan fingerprint density at radius 3 is 3.00 bits per heavy atom. The topological polar surface area (TPSA) is 115 Å². The van der Waals surface area contributed by atoms with Gasteiger partial charge in [-0.1, -0.05) is 10.4 Å². The molecule has 0 unspecified atom stereocenters. The van der Waals surface area contributed by atoms with Crippen LogP contribution in [0.2, 0.25) is 0 Å². The van der Waals surface area contributed by atoms with E-state index >= 15 is 0 Å². The summed E-state index contributed by atoms with van der Waals surface area (Å²) < 4.78 is 11.5. The Hall–Kier alpha value is -2.75. The van der Waals surface area contributed by atoms with E-state index in [2.05, 4.69) is 20.8 Å². The van der Waals surface area contributed by atoms with Gasteiger partial charge >= 0.3 is 0 Å². The summed E-state index contributed by atoms with van der Waals surface area (Å²) >= 11 is 0. The fraction of sp³-hybridized carbons (Fsp3) is 0.562. The zero-order valence-electron chi connectivity index (χ0n) is 14.8. The Balaban J connectivity index is 1.61. The van der Waals surface area contributed by atoms with Crippen LogP contribution in [0.1, 0.15) is 39.6 Å². The van der Waals surface area contributed by atoms with Crippen molar-refractivity contribution in [3.05, 3.63) is 29.4 Å². The third-order valence-corrected chi connectivity index (χ3v) is 4.25. The number of hydrogen-bond acceptors (Lipinski definition) is 7. The summed E-state index contributed by atoms with van der Waals surface area (Å²) in [6.07, 6.45) is 3.35. The van der Waals surface area contributed by atoms with E-state index in [1.807, 2.05) is 0 Å². The third kappa shape index (κ3) is 4.07. The monoisotopic (exact) mass is 362 g/mol. The summed E-state index contributed by atoms with van der Waals surface area (Å²) in [6, 6.07) is 1.61. The van der Waals surface area contributed by atoms with Crippen LogP contribution >= 0.6 is 0 Å². The molecule has 1 aliphatic heterocycles. The Labute approximate surface area is 150 Å². The standard InChI is InChI=1S/C16H22N6O4/c1-11-8-13(19-26-11)16(24)22-6-3-4-12(22)9-21-10-14(18-20-21)15(23)17-5-7-25-2/h8,10,12H,3-7,9H2,1-2H3,(H,17,23)/t12-/m0/s1. The second-order valence-corrected chi connectivity index (χ2v) is 6.19. The molecule has 1 aliphatic rings. The van der Waals surface area contributed by atoms with Gasteiger partial charge in [-0.05, 0) is 19.8 Å². The van der Waals surface area contributed by atoms with E-state index in [9.17, 15) is 9.59 Å². The van der Waals surface area contributed by atoms with E-state index in [4.69, 9.17) is 9.26 Å². The van der Waals surface area contributed by atoms with E-state index in [1.165, 1.54) is 0 Å². The molecule has 140 valence electrons. The van der Waals surface area contributed by atoms with Gasteiger partial charge in [0.05, 0.1) is 25.4 Å². The van der Waals surface area contributed by atoms with Gasteiger partial charge in [-0.2, -0.15) is 0 Å². The minimum absolute atomic E-state index is 0.0226. The van der Waals surface area contributed by atoms with Crippen LogP contribution in [0.3, 0.4) is 0 Å². The first kappa shape index (κ1) is 18.1. The number of methoxy groups -OCH3 is 1. The Morgan fingerprint density at radius 2 is 2.27 bits per heavy atom. The summed E-state index contributed by atoms with van der Waals surface area (Å²) in [5.74, 6) is 0.150. The molecule has 10 heteroatoms. The number of ether oxygens (including phenoxy) is 1. The third-order valence-electron chi connectivity index (χ3n) is 4.25. The fourth-order valence-corrected chi connectivity index (χ4v) is 2.97. The fourth-order valence-electron chi connectivity index (χ4n) is 2.97. The first-order valence-corrected chi connectivity index (χ1v) is 8.50. The lowest BCUT2D eigenvalue weighted by molar-refractivity contribution is 0.0710. The molecule has 0 saturated carbocycles. The number of nitrogens with one attached hydrogen (secondary N) is 1. The smallest absolute Gasteiger partial charge is 0.276 e. The molecule has 1 saturated heterocycles. The van der Waals surface area contributed by atoms with Crippen LogP contribution in [-0.4, -0.2) is 69.7 Å². The molecule has 2 amide bonds. The highest BCUT2D eigenvalue weighted by atomic mass is 16.5. The van der Waals surface area contributed by atoms with E-state index in [1.54, 1.807) is 35.9 Å². The van der Waals surface area contributed by atoms with Crippen molar-refractivity contribution >= 4 is 11.8 Å². The molecule has 3 rings (SSSR count). The number of rotatable bonds is 7. The molecule has 1 fully saturated rings. The molecule has 0 radical (unpaired) electrons. The minimum Gasteiger partial charge on any atom is -0.383 e. The number of carbonyl (C=O) groups is 2. The van der Waals surface area contributed by atoms with Crippen LogP contribution in [0.15, 0.2) is 16.8 Å². The van der Waals surface area contributed by atoms with Crippen LogP contribution in [0.4, 0.5) is 0 Å². The van der Waals surface area contributed by atoms with E-state index < -0.39 is 0 Å². The van der Waals surface area contributed by atoms with Crippen LogP contribution in [0.5, 0.6) is 0 Å². The number of nitrogens with zero attached hydrogens (tertiary/aromatic N) is 5. The van der Waals surface area contributed by atoms with Crippen molar-refractivity contribution in [1.82, 2.24) is 30.4 Å². The van der Waals surface area contributed by atoms with Gasteiger partial charge in [-0.25, -0.2) is 4.68 Å². The highest BCUT2D eigenvalue weighted by molar-refractivity contribution is 5.92. The van der Waals surface area contributed by atoms with Crippen LogP contribution in [0.25, 0.3) is 0 Å². The quantitative estimate of drug-likeness (QED) is 0.702. The second-order valence-electron chi connectivity index (χ2n) is 6.19. The van der Waals surface area contributed by atoms with Crippen molar-refractivity contribution in [3.63, 3.8) is 0 Å². The molecule has 0 bridgehead atoms. The van der Waals surface area contributed by atoms with Crippen molar-refractivity contribution in [3.8, 4) is 0 Å². The molecule has 2 aromatic rings. The number of amides is 2. The molecule has 10 nitrogen and oxygen atoms in total. The maximum atomic E-state index is 12.6. The predicted molar refractivity (Wildman–Crippen MR) is 89.5 cm³/mol. The molecule has 0 aliphatic carbocycles. The number of hydrogen-bond donors (Lipinski definition) is 1. The normalized spacial score (nSPS) is 16.8. The molecule has 1 atom stereocenters. The second kappa shape index (κ2) is 8.09. The van der Waals surface area contributed by atoms with Crippen molar-refractivity contribution in [1.29, 1.82) is 0 Å². The van der Waals surface area contributed by atoms with Gasteiger partial charge in [-0.3, -0.25) is 9.59 Å². The largest absolute Gasteiger partial charge is 0.383 e. The first-order valence-electron chi connectivity index (χ1n) is 8.50. The van der Waals surface area contributed by atoms with Crippen molar-refractivity contribution in [2.75, 3.05) is 26.8 Å². The number of aromatic nitrogens is 4. The van der Waals surface area contributed by atoms with Crippen LogP contribution in [0, 0.1) is 6.92 Å². The van der Waals surface area contributed by atoms with Crippen molar-refractivity contribution < 1.29 is 18.8 Å². The number of likely N-dealkylation sites (tertiary alicyclic amines) is 1. The van der Waals surface area contributed by atoms with Gasteiger partial charge in [-0.15, -0.1) is 5.10 Å². The van der Waals surface area contributed by atoms with E-state index in [0.29, 0.717) is 37.7 Å². The van der Waals surface area contributed by atoms with Crippen molar-refractivity contribution in [2.45, 2.75) is 32.4 Å². The highest BCUT2D eigenvalue weighted by Crippen LogP contribution is 2.21. The Morgan fingerprint density at radius 1 is 1.42 bits per heavy atom. The predicted octanol–water partition coefficient (Wildman–Crippen LogP) is 0.256. The molecule has 26 heavy (non-hydrogen) atoms. The van der Waals surface area contributed by atoms with Gasteiger partial charge in [0.15, 0.2) is 11.4 Å². The average Bonchev–Trinajstić information content (AvgIpc) is 3.36. The number of aryl methyl sites for hydroxylation is 1.